The number of nitrogens with zero attached hydrogens (tertiary/aromatic N) is 1. The van der Waals surface area contributed by atoms with Crippen LogP contribution in [-0.2, 0) is 11.3 Å². The highest BCUT2D eigenvalue weighted by Gasteiger charge is 2.11. The molecule has 1 fully saturated rings. The Morgan fingerprint density at radius 2 is 2.53 bits per heavy atom. The second-order valence-corrected chi connectivity index (χ2v) is 4.69. The predicted molar refractivity (Wildman–Crippen MR) is 62.0 cm³/mol. The summed E-state index contributed by atoms with van der Waals surface area (Å²) in [6.45, 7) is 2.68. The summed E-state index contributed by atoms with van der Waals surface area (Å²) in [6, 6.07) is 0.675. The van der Waals surface area contributed by atoms with Crippen LogP contribution in [0.25, 0.3) is 0 Å². The minimum Gasteiger partial charge on any atom is -0.375 e. The number of aromatic nitrogens is 1. The van der Waals surface area contributed by atoms with Crippen LogP contribution >= 0.6 is 11.3 Å². The molecule has 1 aliphatic heterocycles. The summed E-state index contributed by atoms with van der Waals surface area (Å²) in [5.41, 5.74) is 2.90. The highest BCUT2D eigenvalue weighted by atomic mass is 32.1. The van der Waals surface area contributed by atoms with Crippen LogP contribution in [0.4, 0.5) is 0 Å². The maximum Gasteiger partial charge on any atom is 0.0896 e. The molecule has 1 atom stereocenters. The molecule has 0 aromatic carbocycles. The third kappa shape index (κ3) is 3.89. The van der Waals surface area contributed by atoms with Gasteiger partial charge in [0.15, 0.2) is 0 Å². The van der Waals surface area contributed by atoms with Gasteiger partial charge in [-0.15, -0.1) is 11.3 Å². The SMILES string of the molecule is c1nc(COCCC2CCCCN2)cs1. The molecule has 1 aromatic heterocycles. The lowest BCUT2D eigenvalue weighted by atomic mass is 10.0. The van der Waals surface area contributed by atoms with E-state index in [0.29, 0.717) is 12.6 Å². The molecule has 0 radical (unpaired) electrons. The van der Waals surface area contributed by atoms with Crippen molar-refractivity contribution in [3.63, 3.8) is 0 Å². The molecule has 0 bridgehead atoms. The summed E-state index contributed by atoms with van der Waals surface area (Å²) in [5.74, 6) is 0. The van der Waals surface area contributed by atoms with E-state index in [4.69, 9.17) is 4.74 Å². The van der Waals surface area contributed by atoms with Crippen molar-refractivity contribution in [2.75, 3.05) is 13.2 Å². The number of thiazole rings is 1. The van der Waals surface area contributed by atoms with Crippen molar-refractivity contribution >= 4 is 11.3 Å². The number of piperidine rings is 1. The van der Waals surface area contributed by atoms with Crippen molar-refractivity contribution in [3.05, 3.63) is 16.6 Å². The Bertz CT molecular complexity index is 258. The van der Waals surface area contributed by atoms with Gasteiger partial charge in [0.2, 0.25) is 0 Å². The number of ether oxygens (including phenoxy) is 1. The maximum atomic E-state index is 5.58. The van der Waals surface area contributed by atoms with Crippen LogP contribution in [0.1, 0.15) is 31.4 Å². The molecule has 1 saturated heterocycles. The first-order valence-corrected chi connectivity index (χ1v) is 6.57. The van der Waals surface area contributed by atoms with Gasteiger partial charge in [0.25, 0.3) is 0 Å². The normalized spacial score (nSPS) is 21.7. The average molecular weight is 226 g/mol. The molecular formula is C11H18N2OS. The molecule has 1 N–H and O–H groups in total. The molecule has 4 heteroatoms. The summed E-state index contributed by atoms with van der Waals surface area (Å²) in [6.07, 6.45) is 5.13. The Morgan fingerprint density at radius 3 is 3.27 bits per heavy atom. The predicted octanol–water partition coefficient (Wildman–Crippen LogP) is 2.19. The van der Waals surface area contributed by atoms with E-state index in [1.165, 1.54) is 25.8 Å². The first-order chi connectivity index (χ1) is 7.45. The van der Waals surface area contributed by atoms with Gasteiger partial charge in [-0.3, -0.25) is 0 Å². The van der Waals surface area contributed by atoms with Gasteiger partial charge in [0.1, 0.15) is 0 Å². The minimum absolute atomic E-state index is 0.663. The van der Waals surface area contributed by atoms with E-state index < -0.39 is 0 Å². The zero-order valence-corrected chi connectivity index (χ0v) is 9.76. The molecule has 1 aliphatic rings. The van der Waals surface area contributed by atoms with Crippen LogP contribution in [0.15, 0.2) is 10.9 Å². The Kier molecular flexibility index (Phi) is 4.57. The van der Waals surface area contributed by atoms with Crippen molar-refractivity contribution in [1.82, 2.24) is 10.3 Å². The van der Waals surface area contributed by atoms with Gasteiger partial charge in [0, 0.05) is 18.0 Å². The molecule has 1 aromatic rings. The molecule has 15 heavy (non-hydrogen) atoms. The van der Waals surface area contributed by atoms with Gasteiger partial charge in [-0.2, -0.15) is 0 Å². The highest BCUT2D eigenvalue weighted by Crippen LogP contribution is 2.10. The third-order valence-electron chi connectivity index (χ3n) is 2.76. The fourth-order valence-electron chi connectivity index (χ4n) is 1.88. The Hall–Kier alpha value is -0.450. The lowest BCUT2D eigenvalue weighted by Gasteiger charge is -2.23. The highest BCUT2D eigenvalue weighted by molar-refractivity contribution is 7.07. The van der Waals surface area contributed by atoms with E-state index in [1.54, 1.807) is 11.3 Å². The molecule has 2 rings (SSSR count). The van der Waals surface area contributed by atoms with Crippen LogP contribution in [0.5, 0.6) is 0 Å². The first kappa shape index (κ1) is 11.0. The van der Waals surface area contributed by atoms with Gasteiger partial charge in [-0.1, -0.05) is 6.42 Å². The summed E-state index contributed by atoms with van der Waals surface area (Å²) in [7, 11) is 0. The molecule has 2 heterocycles. The molecule has 3 nitrogen and oxygen atoms in total. The average Bonchev–Trinajstić information content (AvgIpc) is 2.79. The summed E-state index contributed by atoms with van der Waals surface area (Å²) in [4.78, 5) is 4.18. The second kappa shape index (κ2) is 6.20. The quantitative estimate of drug-likeness (QED) is 0.782. The van der Waals surface area contributed by atoms with E-state index in [9.17, 15) is 0 Å². The van der Waals surface area contributed by atoms with Crippen molar-refractivity contribution in [1.29, 1.82) is 0 Å². The molecular weight excluding hydrogens is 208 g/mol. The van der Waals surface area contributed by atoms with Crippen molar-refractivity contribution in [2.24, 2.45) is 0 Å². The molecule has 1 unspecified atom stereocenters. The fraction of sp³-hybridized carbons (Fsp3) is 0.727. The van der Waals surface area contributed by atoms with E-state index >= 15 is 0 Å². The van der Waals surface area contributed by atoms with E-state index in [1.807, 2.05) is 10.9 Å². The third-order valence-corrected chi connectivity index (χ3v) is 3.39. The van der Waals surface area contributed by atoms with Gasteiger partial charge in [0.05, 0.1) is 17.8 Å². The second-order valence-electron chi connectivity index (χ2n) is 3.97. The van der Waals surface area contributed by atoms with Crippen molar-refractivity contribution in [2.45, 2.75) is 38.3 Å². The molecule has 84 valence electrons. The number of hydrogen-bond acceptors (Lipinski definition) is 4. The summed E-state index contributed by atoms with van der Waals surface area (Å²) in [5, 5.41) is 5.56. The van der Waals surface area contributed by atoms with Gasteiger partial charge in [-0.05, 0) is 25.8 Å². The van der Waals surface area contributed by atoms with Crippen molar-refractivity contribution in [3.8, 4) is 0 Å². The molecule has 0 saturated carbocycles. The van der Waals surface area contributed by atoms with Crippen LogP contribution in [0.2, 0.25) is 0 Å². The van der Waals surface area contributed by atoms with Gasteiger partial charge in [-0.25, -0.2) is 4.98 Å². The largest absolute Gasteiger partial charge is 0.375 e. The fourth-order valence-corrected chi connectivity index (χ4v) is 2.42. The maximum absolute atomic E-state index is 5.58. The number of hydrogen-bond donors (Lipinski definition) is 1. The molecule has 0 aliphatic carbocycles. The lowest BCUT2D eigenvalue weighted by Crippen LogP contribution is -2.34. The van der Waals surface area contributed by atoms with E-state index in [0.717, 1.165) is 18.7 Å². The van der Waals surface area contributed by atoms with Crippen LogP contribution in [-0.4, -0.2) is 24.2 Å². The zero-order valence-electron chi connectivity index (χ0n) is 8.95. The van der Waals surface area contributed by atoms with Crippen LogP contribution in [0, 0.1) is 0 Å². The molecule has 0 spiro atoms. The standard InChI is InChI=1S/C11H18N2OS/c1-2-5-12-10(3-1)4-6-14-7-11-8-15-9-13-11/h8-10,12H,1-7H2. The number of nitrogens with one attached hydrogen (secondary N) is 1. The summed E-state index contributed by atoms with van der Waals surface area (Å²) < 4.78 is 5.58. The van der Waals surface area contributed by atoms with Crippen LogP contribution < -0.4 is 5.32 Å². The minimum atomic E-state index is 0.663. The molecule has 0 amide bonds. The van der Waals surface area contributed by atoms with E-state index in [-0.39, 0.29) is 0 Å². The number of rotatable bonds is 5. The Morgan fingerprint density at radius 1 is 1.53 bits per heavy atom. The van der Waals surface area contributed by atoms with Crippen LogP contribution in [0.3, 0.4) is 0 Å². The topological polar surface area (TPSA) is 34.1 Å². The van der Waals surface area contributed by atoms with Gasteiger partial charge >= 0.3 is 0 Å². The Labute approximate surface area is 94.9 Å². The van der Waals surface area contributed by atoms with Crippen molar-refractivity contribution < 1.29 is 4.74 Å². The zero-order chi connectivity index (χ0) is 10.3. The van der Waals surface area contributed by atoms with E-state index in [2.05, 4.69) is 10.3 Å². The lowest BCUT2D eigenvalue weighted by molar-refractivity contribution is 0.106. The van der Waals surface area contributed by atoms with Gasteiger partial charge < -0.3 is 10.1 Å². The smallest absolute Gasteiger partial charge is 0.0896 e. The first-order valence-electron chi connectivity index (χ1n) is 5.63. The monoisotopic (exact) mass is 226 g/mol. The summed E-state index contributed by atoms with van der Waals surface area (Å²) >= 11 is 1.62. The Balaban J connectivity index is 1.54.